The zero-order chi connectivity index (χ0) is 15.4. The predicted octanol–water partition coefficient (Wildman–Crippen LogP) is 3.43. The van der Waals surface area contributed by atoms with Crippen molar-refractivity contribution < 1.29 is 14.3 Å². The molecule has 0 unspecified atom stereocenters. The Morgan fingerprint density at radius 1 is 1.24 bits per heavy atom. The quantitative estimate of drug-likeness (QED) is 0.693. The Balaban J connectivity index is 2.29. The average molecular weight is 325 g/mol. The molecule has 108 valence electrons. The number of hydrogen-bond acceptors (Lipinski definition) is 4. The molecule has 5 nitrogen and oxygen atoms in total. The second-order valence-corrected chi connectivity index (χ2v) is 4.75. The standard InChI is InChI=1S/C14H10Cl2N2O3/c1-21-14(20)8-4-5-10(15)11(7-8)18-13(19)9-3-2-6-17-12(9)16/h2-7H,1H3,(H,18,19). The molecule has 0 saturated carbocycles. The van der Waals surface area contributed by atoms with Crippen LogP contribution < -0.4 is 5.32 Å². The molecule has 1 amide bonds. The molecule has 0 spiro atoms. The molecule has 1 N–H and O–H groups in total. The van der Waals surface area contributed by atoms with Crippen molar-refractivity contribution in [2.24, 2.45) is 0 Å². The molecule has 0 bridgehead atoms. The zero-order valence-electron chi connectivity index (χ0n) is 10.9. The summed E-state index contributed by atoms with van der Waals surface area (Å²) in [6.07, 6.45) is 1.48. The van der Waals surface area contributed by atoms with Gasteiger partial charge in [-0.15, -0.1) is 0 Å². The molecule has 21 heavy (non-hydrogen) atoms. The molecule has 1 aromatic carbocycles. The van der Waals surface area contributed by atoms with Crippen LogP contribution in [0, 0.1) is 0 Å². The number of ether oxygens (including phenoxy) is 1. The van der Waals surface area contributed by atoms with E-state index in [4.69, 9.17) is 23.2 Å². The van der Waals surface area contributed by atoms with Crippen molar-refractivity contribution in [2.45, 2.75) is 0 Å². The topological polar surface area (TPSA) is 68.3 Å². The number of anilines is 1. The number of amides is 1. The molecule has 0 fully saturated rings. The first kappa shape index (κ1) is 15.3. The van der Waals surface area contributed by atoms with Crippen LogP contribution in [0.25, 0.3) is 0 Å². The Hall–Kier alpha value is -2.11. The number of benzene rings is 1. The van der Waals surface area contributed by atoms with Gasteiger partial charge >= 0.3 is 5.97 Å². The Bertz CT molecular complexity index is 704. The summed E-state index contributed by atoms with van der Waals surface area (Å²) in [5, 5.41) is 2.95. The van der Waals surface area contributed by atoms with Crippen LogP contribution in [0.5, 0.6) is 0 Å². The van der Waals surface area contributed by atoms with Gasteiger partial charge in [0.1, 0.15) is 5.15 Å². The second kappa shape index (κ2) is 6.56. The van der Waals surface area contributed by atoms with Gasteiger partial charge in [0.25, 0.3) is 5.91 Å². The predicted molar refractivity (Wildman–Crippen MR) is 80.0 cm³/mol. The van der Waals surface area contributed by atoms with Gasteiger partial charge in [-0.3, -0.25) is 4.79 Å². The van der Waals surface area contributed by atoms with E-state index in [0.717, 1.165) is 0 Å². The van der Waals surface area contributed by atoms with E-state index in [9.17, 15) is 9.59 Å². The smallest absolute Gasteiger partial charge is 0.337 e. The van der Waals surface area contributed by atoms with Crippen LogP contribution in [-0.2, 0) is 4.74 Å². The van der Waals surface area contributed by atoms with Gasteiger partial charge < -0.3 is 10.1 Å². The summed E-state index contributed by atoms with van der Waals surface area (Å²) in [4.78, 5) is 27.4. The third-order valence-electron chi connectivity index (χ3n) is 2.64. The highest BCUT2D eigenvalue weighted by molar-refractivity contribution is 6.35. The summed E-state index contributed by atoms with van der Waals surface area (Å²) in [6, 6.07) is 7.54. The minimum Gasteiger partial charge on any atom is -0.465 e. The third kappa shape index (κ3) is 3.51. The van der Waals surface area contributed by atoms with E-state index < -0.39 is 11.9 Å². The number of carbonyl (C=O) groups excluding carboxylic acids is 2. The summed E-state index contributed by atoms with van der Waals surface area (Å²) in [7, 11) is 1.27. The summed E-state index contributed by atoms with van der Waals surface area (Å²) < 4.78 is 4.61. The van der Waals surface area contributed by atoms with E-state index in [0.29, 0.717) is 0 Å². The molecular weight excluding hydrogens is 315 g/mol. The van der Waals surface area contributed by atoms with Gasteiger partial charge in [-0.2, -0.15) is 0 Å². The summed E-state index contributed by atoms with van der Waals surface area (Å²) >= 11 is 11.9. The molecule has 0 saturated heterocycles. The summed E-state index contributed by atoms with van der Waals surface area (Å²) in [6.45, 7) is 0. The van der Waals surface area contributed by atoms with Gasteiger partial charge in [0, 0.05) is 6.20 Å². The van der Waals surface area contributed by atoms with E-state index >= 15 is 0 Å². The van der Waals surface area contributed by atoms with Gasteiger partial charge in [0.15, 0.2) is 0 Å². The van der Waals surface area contributed by atoms with Crippen LogP contribution in [0.4, 0.5) is 5.69 Å². The lowest BCUT2D eigenvalue weighted by Crippen LogP contribution is -2.14. The number of methoxy groups -OCH3 is 1. The average Bonchev–Trinajstić information content (AvgIpc) is 2.49. The first-order chi connectivity index (χ1) is 10.0. The first-order valence-corrected chi connectivity index (χ1v) is 6.58. The number of esters is 1. The van der Waals surface area contributed by atoms with E-state index in [1.165, 1.54) is 37.6 Å². The molecule has 0 atom stereocenters. The van der Waals surface area contributed by atoms with Gasteiger partial charge in [0.05, 0.1) is 28.9 Å². The van der Waals surface area contributed by atoms with Crippen molar-refractivity contribution >= 4 is 40.8 Å². The van der Waals surface area contributed by atoms with Crippen LogP contribution in [0.15, 0.2) is 36.5 Å². The van der Waals surface area contributed by atoms with Crippen LogP contribution in [0.2, 0.25) is 10.2 Å². The molecule has 0 aliphatic rings. The minimum atomic E-state index is -0.526. The van der Waals surface area contributed by atoms with E-state index in [2.05, 4.69) is 15.0 Å². The number of rotatable bonds is 3. The van der Waals surface area contributed by atoms with Crippen LogP contribution in [0.3, 0.4) is 0 Å². The molecule has 0 radical (unpaired) electrons. The van der Waals surface area contributed by atoms with Crippen molar-refractivity contribution in [1.82, 2.24) is 4.98 Å². The van der Waals surface area contributed by atoms with Crippen LogP contribution in [0.1, 0.15) is 20.7 Å². The van der Waals surface area contributed by atoms with Crippen molar-refractivity contribution in [3.05, 3.63) is 57.8 Å². The third-order valence-corrected chi connectivity index (χ3v) is 3.27. The number of halogens is 2. The lowest BCUT2D eigenvalue weighted by molar-refractivity contribution is 0.0600. The highest BCUT2D eigenvalue weighted by Crippen LogP contribution is 2.24. The summed E-state index contributed by atoms with van der Waals surface area (Å²) in [5.74, 6) is -1.00. The van der Waals surface area contributed by atoms with Crippen molar-refractivity contribution in [3.63, 3.8) is 0 Å². The van der Waals surface area contributed by atoms with E-state index in [1.54, 1.807) is 6.07 Å². The summed E-state index contributed by atoms with van der Waals surface area (Å²) in [5.41, 5.74) is 0.762. The number of pyridine rings is 1. The van der Waals surface area contributed by atoms with Gasteiger partial charge in [-0.1, -0.05) is 23.2 Å². The molecule has 0 aliphatic carbocycles. The maximum atomic E-state index is 12.1. The normalized spacial score (nSPS) is 10.0. The largest absolute Gasteiger partial charge is 0.465 e. The molecule has 1 heterocycles. The Kier molecular flexibility index (Phi) is 4.77. The number of carbonyl (C=O) groups is 2. The monoisotopic (exact) mass is 324 g/mol. The van der Waals surface area contributed by atoms with E-state index in [1.807, 2.05) is 0 Å². The minimum absolute atomic E-state index is 0.0789. The fourth-order valence-corrected chi connectivity index (χ4v) is 1.98. The second-order valence-electron chi connectivity index (χ2n) is 3.98. The Morgan fingerprint density at radius 3 is 2.67 bits per heavy atom. The molecule has 2 aromatic rings. The number of nitrogens with zero attached hydrogens (tertiary/aromatic N) is 1. The molecular formula is C14H10Cl2N2O3. The van der Waals surface area contributed by atoms with Crippen LogP contribution >= 0.6 is 23.2 Å². The maximum Gasteiger partial charge on any atom is 0.337 e. The van der Waals surface area contributed by atoms with Gasteiger partial charge in [0.2, 0.25) is 0 Å². The number of hydrogen-bond donors (Lipinski definition) is 1. The number of nitrogens with one attached hydrogen (secondary N) is 1. The van der Waals surface area contributed by atoms with Crippen LogP contribution in [-0.4, -0.2) is 24.0 Å². The molecule has 0 aliphatic heterocycles. The highest BCUT2D eigenvalue weighted by Gasteiger charge is 2.14. The maximum absolute atomic E-state index is 12.1. The van der Waals surface area contributed by atoms with Crippen molar-refractivity contribution in [1.29, 1.82) is 0 Å². The fourth-order valence-electron chi connectivity index (χ4n) is 1.61. The highest BCUT2D eigenvalue weighted by atomic mass is 35.5. The molecule has 2 rings (SSSR count). The Morgan fingerprint density at radius 2 is 2.00 bits per heavy atom. The van der Waals surface area contributed by atoms with E-state index in [-0.39, 0.29) is 27.0 Å². The lowest BCUT2D eigenvalue weighted by Gasteiger charge is -2.09. The van der Waals surface area contributed by atoms with Gasteiger partial charge in [-0.05, 0) is 30.3 Å². The van der Waals surface area contributed by atoms with Crippen molar-refractivity contribution in [2.75, 3.05) is 12.4 Å². The molecule has 7 heteroatoms. The first-order valence-electron chi connectivity index (χ1n) is 5.82. The fraction of sp³-hybridized carbons (Fsp3) is 0.0714. The number of aromatic nitrogens is 1. The lowest BCUT2D eigenvalue weighted by atomic mass is 10.2. The molecule has 1 aromatic heterocycles. The van der Waals surface area contributed by atoms with Crippen molar-refractivity contribution in [3.8, 4) is 0 Å². The zero-order valence-corrected chi connectivity index (χ0v) is 12.4. The SMILES string of the molecule is COC(=O)c1ccc(Cl)c(NC(=O)c2cccnc2Cl)c1. The Labute approximate surface area is 130 Å². The van der Waals surface area contributed by atoms with Gasteiger partial charge in [-0.25, -0.2) is 9.78 Å².